The fourth-order valence-corrected chi connectivity index (χ4v) is 3.61. The Hall–Kier alpha value is -2.31. The van der Waals surface area contributed by atoms with E-state index in [1.165, 1.54) is 17.3 Å². The fraction of sp³-hybridized carbons (Fsp3) is 0.286. The zero-order valence-corrected chi connectivity index (χ0v) is 17.9. The number of carbonyl (C=O) groups excluding carboxylic acids is 1. The predicted molar refractivity (Wildman–Crippen MR) is 116 cm³/mol. The standard InChI is InChI=1S/C21H23ClN4OS/c1-21(2,3)15-10-8-14(9-11-15)19-24-25-20(26(19)4)28-13-18(27)23-17-7-5-6-16(22)12-17/h5-12H,13H2,1-4H3,(H,23,27). The molecule has 3 aromatic rings. The third-order valence-corrected chi connectivity index (χ3v) is 5.54. The highest BCUT2D eigenvalue weighted by atomic mass is 35.5. The minimum atomic E-state index is -0.119. The highest BCUT2D eigenvalue weighted by Gasteiger charge is 2.16. The quantitative estimate of drug-likeness (QED) is 0.585. The van der Waals surface area contributed by atoms with Crippen molar-refractivity contribution in [2.45, 2.75) is 31.3 Å². The Labute approximate surface area is 174 Å². The molecular weight excluding hydrogens is 392 g/mol. The van der Waals surface area contributed by atoms with Crippen LogP contribution in [0.2, 0.25) is 5.02 Å². The summed E-state index contributed by atoms with van der Waals surface area (Å²) in [4.78, 5) is 12.2. The molecule has 7 heteroatoms. The zero-order chi connectivity index (χ0) is 20.3. The zero-order valence-electron chi connectivity index (χ0n) is 16.4. The van der Waals surface area contributed by atoms with E-state index in [2.05, 4.69) is 60.6 Å². The predicted octanol–water partition coefficient (Wildman–Crippen LogP) is 5.16. The van der Waals surface area contributed by atoms with Gasteiger partial charge in [0, 0.05) is 23.3 Å². The second-order valence-electron chi connectivity index (χ2n) is 7.54. The van der Waals surface area contributed by atoms with Gasteiger partial charge in [-0.05, 0) is 29.2 Å². The summed E-state index contributed by atoms with van der Waals surface area (Å²) in [5.41, 5.74) is 3.05. The van der Waals surface area contributed by atoms with Crippen molar-refractivity contribution in [2.75, 3.05) is 11.1 Å². The van der Waals surface area contributed by atoms with Gasteiger partial charge in [0.1, 0.15) is 0 Å². The number of halogens is 1. The van der Waals surface area contributed by atoms with Crippen molar-refractivity contribution in [1.29, 1.82) is 0 Å². The lowest BCUT2D eigenvalue weighted by atomic mass is 9.87. The molecule has 2 aromatic carbocycles. The molecule has 0 atom stereocenters. The Kier molecular flexibility index (Phi) is 6.10. The third-order valence-electron chi connectivity index (χ3n) is 4.28. The average Bonchev–Trinajstić information content (AvgIpc) is 3.00. The maximum absolute atomic E-state index is 12.2. The number of hydrogen-bond acceptors (Lipinski definition) is 4. The minimum Gasteiger partial charge on any atom is -0.325 e. The average molecular weight is 415 g/mol. The number of amides is 1. The number of aromatic nitrogens is 3. The summed E-state index contributed by atoms with van der Waals surface area (Å²) in [6, 6.07) is 15.4. The molecule has 0 spiro atoms. The summed E-state index contributed by atoms with van der Waals surface area (Å²) in [6.45, 7) is 6.56. The maximum atomic E-state index is 12.2. The lowest BCUT2D eigenvalue weighted by Crippen LogP contribution is -2.14. The molecule has 0 unspecified atom stereocenters. The van der Waals surface area contributed by atoms with Crippen LogP contribution in [0.15, 0.2) is 53.7 Å². The topological polar surface area (TPSA) is 59.8 Å². The number of hydrogen-bond donors (Lipinski definition) is 1. The molecule has 0 bridgehead atoms. The molecule has 1 amide bonds. The Morgan fingerprint density at radius 1 is 1.14 bits per heavy atom. The van der Waals surface area contributed by atoms with Crippen LogP contribution in [0.1, 0.15) is 26.3 Å². The summed E-state index contributed by atoms with van der Waals surface area (Å²) in [5.74, 6) is 0.895. The molecule has 0 radical (unpaired) electrons. The molecule has 0 saturated carbocycles. The van der Waals surface area contributed by atoms with Crippen molar-refractivity contribution in [3.63, 3.8) is 0 Å². The van der Waals surface area contributed by atoms with Crippen molar-refractivity contribution in [3.8, 4) is 11.4 Å². The molecule has 0 aliphatic rings. The smallest absolute Gasteiger partial charge is 0.234 e. The number of carbonyl (C=O) groups is 1. The van der Waals surface area contributed by atoms with Crippen LogP contribution in [-0.4, -0.2) is 26.4 Å². The first kappa shape index (κ1) is 20.4. The Bertz CT molecular complexity index is 977. The Morgan fingerprint density at radius 3 is 2.50 bits per heavy atom. The minimum absolute atomic E-state index is 0.107. The van der Waals surface area contributed by atoms with Gasteiger partial charge in [0.05, 0.1) is 5.75 Å². The first-order chi connectivity index (χ1) is 13.2. The largest absolute Gasteiger partial charge is 0.325 e. The monoisotopic (exact) mass is 414 g/mol. The van der Waals surface area contributed by atoms with Crippen molar-refractivity contribution < 1.29 is 4.79 Å². The third kappa shape index (κ3) is 4.94. The van der Waals surface area contributed by atoms with Gasteiger partial charge in [-0.2, -0.15) is 0 Å². The highest BCUT2D eigenvalue weighted by Crippen LogP contribution is 2.27. The van der Waals surface area contributed by atoms with E-state index in [-0.39, 0.29) is 17.1 Å². The summed E-state index contributed by atoms with van der Waals surface area (Å²) in [6.07, 6.45) is 0. The Balaban J connectivity index is 1.65. The molecular formula is C21H23ClN4OS. The molecule has 3 rings (SSSR count). The molecule has 0 aliphatic carbocycles. The molecule has 0 fully saturated rings. The van der Waals surface area contributed by atoms with Crippen LogP contribution in [0.25, 0.3) is 11.4 Å². The van der Waals surface area contributed by atoms with Crippen LogP contribution in [0.5, 0.6) is 0 Å². The number of benzene rings is 2. The molecule has 1 heterocycles. The van der Waals surface area contributed by atoms with Crippen LogP contribution in [0.3, 0.4) is 0 Å². The van der Waals surface area contributed by atoms with Gasteiger partial charge in [-0.15, -0.1) is 10.2 Å². The van der Waals surface area contributed by atoms with Gasteiger partial charge in [-0.3, -0.25) is 4.79 Å². The van der Waals surface area contributed by atoms with Crippen LogP contribution < -0.4 is 5.32 Å². The normalized spacial score (nSPS) is 11.5. The molecule has 0 saturated heterocycles. The first-order valence-electron chi connectivity index (χ1n) is 8.92. The van der Waals surface area contributed by atoms with Gasteiger partial charge in [0.25, 0.3) is 0 Å². The SMILES string of the molecule is Cn1c(SCC(=O)Nc2cccc(Cl)c2)nnc1-c1ccc(C(C)(C)C)cc1. The molecule has 5 nitrogen and oxygen atoms in total. The van der Waals surface area contributed by atoms with Gasteiger partial charge in [-0.25, -0.2) is 0 Å². The second-order valence-corrected chi connectivity index (χ2v) is 8.92. The lowest BCUT2D eigenvalue weighted by molar-refractivity contribution is -0.113. The van der Waals surface area contributed by atoms with Crippen molar-refractivity contribution >= 4 is 35.0 Å². The van der Waals surface area contributed by atoms with Gasteiger partial charge in [0.15, 0.2) is 11.0 Å². The van der Waals surface area contributed by atoms with E-state index in [1.807, 2.05) is 11.6 Å². The van der Waals surface area contributed by atoms with Crippen LogP contribution in [0.4, 0.5) is 5.69 Å². The van der Waals surface area contributed by atoms with Gasteiger partial charge < -0.3 is 9.88 Å². The Morgan fingerprint density at radius 2 is 1.86 bits per heavy atom. The van der Waals surface area contributed by atoms with Crippen LogP contribution in [-0.2, 0) is 17.3 Å². The van der Waals surface area contributed by atoms with E-state index < -0.39 is 0 Å². The summed E-state index contributed by atoms with van der Waals surface area (Å²) >= 11 is 7.29. The summed E-state index contributed by atoms with van der Waals surface area (Å²) in [7, 11) is 1.91. The van der Waals surface area contributed by atoms with Gasteiger partial charge in [-0.1, -0.05) is 74.5 Å². The van der Waals surface area contributed by atoms with E-state index in [4.69, 9.17) is 11.6 Å². The number of anilines is 1. The van der Waals surface area contributed by atoms with E-state index in [1.54, 1.807) is 24.3 Å². The first-order valence-corrected chi connectivity index (χ1v) is 10.3. The maximum Gasteiger partial charge on any atom is 0.234 e. The fourth-order valence-electron chi connectivity index (χ4n) is 2.70. The number of thioether (sulfide) groups is 1. The number of rotatable bonds is 5. The molecule has 1 aromatic heterocycles. The van der Waals surface area contributed by atoms with Crippen molar-refractivity contribution in [2.24, 2.45) is 7.05 Å². The second kappa shape index (κ2) is 8.37. The van der Waals surface area contributed by atoms with Crippen molar-refractivity contribution in [3.05, 3.63) is 59.1 Å². The lowest BCUT2D eigenvalue weighted by Gasteiger charge is -2.19. The highest BCUT2D eigenvalue weighted by molar-refractivity contribution is 7.99. The van der Waals surface area contributed by atoms with Crippen molar-refractivity contribution in [1.82, 2.24) is 14.8 Å². The van der Waals surface area contributed by atoms with Gasteiger partial charge >= 0.3 is 0 Å². The summed E-state index contributed by atoms with van der Waals surface area (Å²) in [5, 5.41) is 12.6. The molecule has 146 valence electrons. The van der Waals surface area contributed by atoms with Crippen LogP contribution >= 0.6 is 23.4 Å². The van der Waals surface area contributed by atoms with E-state index in [9.17, 15) is 4.79 Å². The van der Waals surface area contributed by atoms with Crippen LogP contribution in [0, 0.1) is 0 Å². The van der Waals surface area contributed by atoms with E-state index in [0.29, 0.717) is 15.9 Å². The molecule has 28 heavy (non-hydrogen) atoms. The van der Waals surface area contributed by atoms with E-state index in [0.717, 1.165) is 11.4 Å². The number of nitrogens with zero attached hydrogens (tertiary/aromatic N) is 3. The van der Waals surface area contributed by atoms with Gasteiger partial charge in [0.2, 0.25) is 5.91 Å². The number of nitrogens with one attached hydrogen (secondary N) is 1. The molecule has 1 N–H and O–H groups in total. The molecule has 0 aliphatic heterocycles. The van der Waals surface area contributed by atoms with E-state index >= 15 is 0 Å². The summed E-state index contributed by atoms with van der Waals surface area (Å²) < 4.78 is 1.91.